The molecule has 0 spiro atoms. The molecular formula is C19H32O2. The van der Waals surface area contributed by atoms with Gasteiger partial charge in [-0.05, 0) is 99.7 Å². The highest BCUT2D eigenvalue weighted by Crippen LogP contribution is 2.62. The number of aliphatic hydroxyl groups excluding tert-OH is 1. The van der Waals surface area contributed by atoms with Crippen molar-refractivity contribution in [1.29, 1.82) is 0 Å². The lowest BCUT2D eigenvalue weighted by Gasteiger charge is -2.56. The normalized spacial score (nSPS) is 60.0. The fraction of sp³-hybridized carbons (Fsp3) is 1.00. The van der Waals surface area contributed by atoms with E-state index in [0.717, 1.165) is 48.9 Å². The minimum absolute atomic E-state index is 0.0479. The highest BCUT2D eigenvalue weighted by atomic mass is 16.3. The van der Waals surface area contributed by atoms with Crippen LogP contribution in [0.25, 0.3) is 0 Å². The van der Waals surface area contributed by atoms with Crippen molar-refractivity contribution in [3.05, 3.63) is 0 Å². The zero-order valence-corrected chi connectivity index (χ0v) is 13.7. The summed E-state index contributed by atoms with van der Waals surface area (Å²) in [5.41, 5.74) is -0.186. The SMILES string of the molecule is C[C@@]1(O)CC[C@H]2[C@@H](CC[C@@H]3[C@@H]2CC[C@]2(C)[C@@H](O)CC[C@@H]32)C1. The van der Waals surface area contributed by atoms with Crippen LogP contribution in [0.3, 0.4) is 0 Å². The predicted molar refractivity (Wildman–Crippen MR) is 83.7 cm³/mol. The van der Waals surface area contributed by atoms with Gasteiger partial charge >= 0.3 is 0 Å². The van der Waals surface area contributed by atoms with Gasteiger partial charge < -0.3 is 10.2 Å². The predicted octanol–water partition coefficient (Wildman–Crippen LogP) is 3.75. The van der Waals surface area contributed by atoms with Gasteiger partial charge in [0.2, 0.25) is 0 Å². The molecule has 4 fully saturated rings. The van der Waals surface area contributed by atoms with E-state index >= 15 is 0 Å². The van der Waals surface area contributed by atoms with Gasteiger partial charge in [-0.15, -0.1) is 0 Å². The highest BCUT2D eigenvalue weighted by molar-refractivity contribution is 5.06. The van der Waals surface area contributed by atoms with E-state index in [1.165, 1.54) is 38.5 Å². The fourth-order valence-electron chi connectivity index (χ4n) is 7.05. The third-order valence-electron chi connectivity index (χ3n) is 8.19. The summed E-state index contributed by atoms with van der Waals surface area (Å²) in [6.45, 7) is 4.41. The molecule has 4 rings (SSSR count). The van der Waals surface area contributed by atoms with Crippen LogP contribution in [0.15, 0.2) is 0 Å². The van der Waals surface area contributed by atoms with Gasteiger partial charge in [0.15, 0.2) is 0 Å². The summed E-state index contributed by atoms with van der Waals surface area (Å²) in [6.07, 6.45) is 10.8. The highest BCUT2D eigenvalue weighted by Gasteiger charge is 2.57. The Bertz CT molecular complexity index is 418. The van der Waals surface area contributed by atoms with Crippen molar-refractivity contribution in [2.45, 2.75) is 83.3 Å². The van der Waals surface area contributed by atoms with Crippen LogP contribution in [0.2, 0.25) is 0 Å². The zero-order valence-electron chi connectivity index (χ0n) is 13.7. The Labute approximate surface area is 129 Å². The van der Waals surface area contributed by atoms with Crippen LogP contribution >= 0.6 is 0 Å². The van der Waals surface area contributed by atoms with Crippen LogP contribution in [0, 0.1) is 35.0 Å². The molecule has 2 nitrogen and oxygen atoms in total. The summed E-state index contributed by atoms with van der Waals surface area (Å²) in [5.74, 6) is 4.17. The third-order valence-corrected chi connectivity index (χ3v) is 8.19. The molecule has 2 N–H and O–H groups in total. The molecule has 0 aromatic heterocycles. The van der Waals surface area contributed by atoms with Gasteiger partial charge in [0.05, 0.1) is 11.7 Å². The van der Waals surface area contributed by atoms with Gasteiger partial charge in [-0.1, -0.05) is 6.92 Å². The average Bonchev–Trinajstić information content (AvgIpc) is 2.73. The molecule has 0 aromatic rings. The molecule has 8 atom stereocenters. The second-order valence-corrected chi connectivity index (χ2v) is 9.31. The molecule has 4 aliphatic rings. The van der Waals surface area contributed by atoms with Crippen molar-refractivity contribution < 1.29 is 10.2 Å². The summed E-state index contributed by atoms with van der Waals surface area (Å²) in [4.78, 5) is 0. The second-order valence-electron chi connectivity index (χ2n) is 9.31. The van der Waals surface area contributed by atoms with Gasteiger partial charge in [0, 0.05) is 0 Å². The molecule has 120 valence electrons. The number of fused-ring (bicyclic) bond motifs is 5. The number of rotatable bonds is 0. The Kier molecular flexibility index (Phi) is 3.25. The first-order chi connectivity index (χ1) is 9.91. The first-order valence-corrected chi connectivity index (χ1v) is 9.31. The van der Waals surface area contributed by atoms with Crippen LogP contribution < -0.4 is 0 Å². The molecule has 0 saturated heterocycles. The summed E-state index contributed by atoms with van der Waals surface area (Å²) >= 11 is 0. The fourth-order valence-corrected chi connectivity index (χ4v) is 7.05. The standard InChI is InChI=1S/C19H32O2/c1-18(21)9-7-13-12(11-18)3-4-15-14(13)8-10-19(2)16(15)5-6-17(19)20/h12-17,20-21H,3-11H2,1-2H3/t12-,13-,14+,15+,16-,17-,18+,19-/m0/s1. The molecule has 2 heteroatoms. The Morgan fingerprint density at radius 2 is 1.57 bits per heavy atom. The molecule has 0 unspecified atom stereocenters. The van der Waals surface area contributed by atoms with Crippen LogP contribution in [0.5, 0.6) is 0 Å². The maximum absolute atomic E-state index is 10.4. The quantitative estimate of drug-likeness (QED) is 0.714. The molecule has 4 aliphatic carbocycles. The van der Waals surface area contributed by atoms with E-state index < -0.39 is 5.60 Å². The second kappa shape index (κ2) is 4.71. The summed E-state index contributed by atoms with van der Waals surface area (Å²) in [5, 5.41) is 20.8. The lowest BCUT2D eigenvalue weighted by molar-refractivity contribution is -0.108. The molecule has 0 aromatic carbocycles. The smallest absolute Gasteiger partial charge is 0.0622 e. The summed E-state index contributed by atoms with van der Waals surface area (Å²) in [6, 6.07) is 0. The number of hydrogen-bond acceptors (Lipinski definition) is 2. The van der Waals surface area contributed by atoms with E-state index in [9.17, 15) is 10.2 Å². The van der Waals surface area contributed by atoms with Crippen LogP contribution in [-0.4, -0.2) is 21.9 Å². The molecule has 0 radical (unpaired) electrons. The maximum Gasteiger partial charge on any atom is 0.0622 e. The Morgan fingerprint density at radius 1 is 0.810 bits per heavy atom. The number of hydrogen-bond donors (Lipinski definition) is 2. The van der Waals surface area contributed by atoms with Crippen LogP contribution in [0.1, 0.15) is 71.6 Å². The van der Waals surface area contributed by atoms with Gasteiger partial charge in [0.1, 0.15) is 0 Å². The van der Waals surface area contributed by atoms with E-state index in [1.54, 1.807) is 0 Å². The molecule has 21 heavy (non-hydrogen) atoms. The van der Waals surface area contributed by atoms with Crippen molar-refractivity contribution in [2.24, 2.45) is 35.0 Å². The largest absolute Gasteiger partial charge is 0.393 e. The Morgan fingerprint density at radius 3 is 2.38 bits per heavy atom. The molecule has 0 amide bonds. The molecule has 0 heterocycles. The van der Waals surface area contributed by atoms with Crippen molar-refractivity contribution >= 4 is 0 Å². The topological polar surface area (TPSA) is 40.5 Å². The van der Waals surface area contributed by atoms with Crippen molar-refractivity contribution in [1.82, 2.24) is 0 Å². The van der Waals surface area contributed by atoms with Crippen LogP contribution in [-0.2, 0) is 0 Å². The Balaban J connectivity index is 1.56. The van der Waals surface area contributed by atoms with Gasteiger partial charge in [-0.25, -0.2) is 0 Å². The van der Waals surface area contributed by atoms with E-state index in [0.29, 0.717) is 0 Å². The van der Waals surface area contributed by atoms with Crippen molar-refractivity contribution in [2.75, 3.05) is 0 Å². The van der Waals surface area contributed by atoms with Gasteiger partial charge in [-0.2, -0.15) is 0 Å². The first kappa shape index (κ1) is 14.5. The van der Waals surface area contributed by atoms with Crippen LogP contribution in [0.4, 0.5) is 0 Å². The minimum Gasteiger partial charge on any atom is -0.393 e. The number of aliphatic hydroxyl groups is 2. The Hall–Kier alpha value is -0.0800. The molecular weight excluding hydrogens is 260 g/mol. The summed E-state index contributed by atoms with van der Waals surface area (Å²) < 4.78 is 0. The zero-order chi connectivity index (χ0) is 14.8. The van der Waals surface area contributed by atoms with Gasteiger partial charge in [0.25, 0.3) is 0 Å². The molecule has 0 bridgehead atoms. The average molecular weight is 292 g/mol. The lowest BCUT2D eigenvalue weighted by atomic mass is 9.49. The minimum atomic E-state index is -0.402. The first-order valence-electron chi connectivity index (χ1n) is 9.31. The molecule has 4 saturated carbocycles. The van der Waals surface area contributed by atoms with Crippen molar-refractivity contribution in [3.8, 4) is 0 Å². The van der Waals surface area contributed by atoms with Crippen molar-refractivity contribution in [3.63, 3.8) is 0 Å². The third kappa shape index (κ3) is 2.12. The van der Waals surface area contributed by atoms with E-state index in [-0.39, 0.29) is 11.5 Å². The molecule has 0 aliphatic heterocycles. The summed E-state index contributed by atoms with van der Waals surface area (Å²) in [7, 11) is 0. The van der Waals surface area contributed by atoms with E-state index in [4.69, 9.17) is 0 Å². The van der Waals surface area contributed by atoms with E-state index in [1.807, 2.05) is 6.92 Å². The monoisotopic (exact) mass is 292 g/mol. The van der Waals surface area contributed by atoms with E-state index in [2.05, 4.69) is 6.92 Å². The lowest BCUT2D eigenvalue weighted by Crippen LogP contribution is -2.51. The van der Waals surface area contributed by atoms with Gasteiger partial charge in [-0.3, -0.25) is 0 Å². The maximum atomic E-state index is 10.4.